The first kappa shape index (κ1) is 11.1. The van der Waals surface area contributed by atoms with Crippen LogP contribution in [0.5, 0.6) is 0 Å². The van der Waals surface area contributed by atoms with Crippen molar-refractivity contribution in [3.05, 3.63) is 22.5 Å². The van der Waals surface area contributed by atoms with E-state index in [0.29, 0.717) is 6.61 Å². The highest BCUT2D eigenvalue weighted by molar-refractivity contribution is 14.1. The van der Waals surface area contributed by atoms with Gasteiger partial charge < -0.3 is 9.64 Å². The summed E-state index contributed by atoms with van der Waals surface area (Å²) >= 11 is 2.21. The van der Waals surface area contributed by atoms with Crippen molar-refractivity contribution in [2.45, 2.75) is 13.0 Å². The van der Waals surface area contributed by atoms with Gasteiger partial charge in [0.15, 0.2) is 0 Å². The smallest absolute Gasteiger partial charge is 0.133 e. The lowest BCUT2D eigenvalue weighted by molar-refractivity contribution is 0.0696. The molecule has 0 saturated carbocycles. The third-order valence-electron chi connectivity index (χ3n) is 2.26. The Hall–Kier alpha value is -0.430. The lowest BCUT2D eigenvalue weighted by Crippen LogP contribution is -2.41. The van der Waals surface area contributed by atoms with Crippen molar-refractivity contribution >= 4 is 28.4 Å². The molecule has 1 fully saturated rings. The highest BCUT2D eigenvalue weighted by Gasteiger charge is 2.18. The molecule has 4 nitrogen and oxygen atoms in total. The van der Waals surface area contributed by atoms with Gasteiger partial charge in [0, 0.05) is 19.2 Å². The van der Waals surface area contributed by atoms with E-state index in [1.165, 1.54) is 0 Å². The summed E-state index contributed by atoms with van der Waals surface area (Å²) in [6.45, 7) is 8.21. The number of hydrogen-bond donors (Lipinski definition) is 0. The van der Waals surface area contributed by atoms with Crippen LogP contribution < -0.4 is 4.90 Å². The van der Waals surface area contributed by atoms with Crippen molar-refractivity contribution in [1.29, 1.82) is 0 Å². The second-order valence-electron chi connectivity index (χ2n) is 3.53. The van der Waals surface area contributed by atoms with Gasteiger partial charge in [0.25, 0.3) is 0 Å². The zero-order valence-electron chi connectivity index (χ0n) is 8.61. The lowest BCUT2D eigenvalue weighted by atomic mass is 10.3. The van der Waals surface area contributed by atoms with Gasteiger partial charge in [-0.3, -0.25) is 0 Å². The van der Waals surface area contributed by atoms with Crippen LogP contribution in [-0.2, 0) is 4.74 Å². The molecule has 0 aromatic carbocycles. The molecule has 15 heavy (non-hydrogen) atoms. The second kappa shape index (κ2) is 4.61. The van der Waals surface area contributed by atoms with Gasteiger partial charge in [-0.25, -0.2) is 9.97 Å². The summed E-state index contributed by atoms with van der Waals surface area (Å²) in [5, 5.41) is 0. The minimum absolute atomic E-state index is 0.0340. The number of aryl methyl sites for hydroxylation is 1. The quantitative estimate of drug-likeness (QED) is 0.580. The Morgan fingerprint density at radius 1 is 1.60 bits per heavy atom. The highest BCUT2D eigenvalue weighted by Crippen LogP contribution is 2.17. The van der Waals surface area contributed by atoms with E-state index in [-0.39, 0.29) is 6.10 Å². The molecule has 1 saturated heterocycles. The molecule has 0 bridgehead atoms. The normalized spacial score (nSPS) is 21.8. The van der Waals surface area contributed by atoms with Gasteiger partial charge in [-0.2, -0.15) is 0 Å². The van der Waals surface area contributed by atoms with E-state index in [2.05, 4.69) is 44.4 Å². The summed E-state index contributed by atoms with van der Waals surface area (Å²) in [6.07, 6.45) is 0.0340. The molecule has 0 spiro atoms. The number of halogens is 1. The molecule has 5 heteroatoms. The van der Waals surface area contributed by atoms with Crippen LogP contribution in [0, 0.1) is 17.5 Å². The van der Waals surface area contributed by atoms with E-state index in [0.717, 1.165) is 28.4 Å². The lowest BCUT2D eigenvalue weighted by Gasteiger charge is -2.32. The number of rotatable bonds is 1. The average molecular weight is 318 g/mol. The maximum absolute atomic E-state index is 5.39. The molecule has 0 amide bonds. The molecule has 2 heterocycles. The molecule has 0 unspecified atom stereocenters. The van der Waals surface area contributed by atoms with Gasteiger partial charge in [0.1, 0.15) is 15.3 Å². The summed E-state index contributed by atoms with van der Waals surface area (Å²) in [5.41, 5.74) is 0. The van der Waals surface area contributed by atoms with Crippen LogP contribution in [0.15, 0.2) is 6.07 Å². The molecule has 1 atom stereocenters. The van der Waals surface area contributed by atoms with Crippen LogP contribution in [0.4, 0.5) is 5.82 Å². The van der Waals surface area contributed by atoms with Gasteiger partial charge >= 0.3 is 0 Å². The van der Waals surface area contributed by atoms with E-state index in [4.69, 9.17) is 4.74 Å². The van der Waals surface area contributed by atoms with Crippen LogP contribution in [0.2, 0.25) is 0 Å². The summed E-state index contributed by atoms with van der Waals surface area (Å²) < 4.78 is 6.37. The van der Waals surface area contributed by atoms with Gasteiger partial charge in [-0.1, -0.05) is 0 Å². The molecule has 81 valence electrons. The maximum Gasteiger partial charge on any atom is 0.133 e. The van der Waals surface area contributed by atoms with E-state index >= 15 is 0 Å². The van der Waals surface area contributed by atoms with Gasteiger partial charge in [-0.15, -0.1) is 0 Å². The summed E-state index contributed by atoms with van der Waals surface area (Å²) in [5.74, 6) is 1.79. The molecule has 1 radical (unpaired) electrons. The van der Waals surface area contributed by atoms with Crippen molar-refractivity contribution in [3.8, 4) is 0 Å². The summed E-state index contributed by atoms with van der Waals surface area (Å²) in [7, 11) is 0. The Morgan fingerprint density at radius 3 is 3.07 bits per heavy atom. The van der Waals surface area contributed by atoms with Crippen LogP contribution in [0.25, 0.3) is 0 Å². The van der Waals surface area contributed by atoms with Crippen molar-refractivity contribution in [2.75, 3.05) is 24.6 Å². The Bertz CT molecular complexity index is 338. The molecule has 1 aromatic heterocycles. The van der Waals surface area contributed by atoms with E-state index < -0.39 is 0 Å². The predicted octanol–water partition coefficient (Wildman–Crippen LogP) is 1.43. The third kappa shape index (κ3) is 2.78. The SMILES string of the molecule is [CH2][C@@H]1CN(c2cc(I)nc(C)n2)CCO1. The molecule has 1 aliphatic heterocycles. The first-order valence-corrected chi connectivity index (χ1v) is 5.94. The molecular weight excluding hydrogens is 305 g/mol. The van der Waals surface area contributed by atoms with Gasteiger partial charge in [-0.05, 0) is 36.4 Å². The molecule has 0 aliphatic carbocycles. The largest absolute Gasteiger partial charge is 0.375 e. The fourth-order valence-electron chi connectivity index (χ4n) is 1.61. The number of anilines is 1. The number of aromatic nitrogens is 2. The van der Waals surface area contributed by atoms with Gasteiger partial charge in [0.05, 0.1) is 12.7 Å². The Balaban J connectivity index is 2.20. The molecule has 2 rings (SSSR count). The molecule has 1 aliphatic rings. The number of ether oxygens (including phenoxy) is 1. The maximum atomic E-state index is 5.39. The van der Waals surface area contributed by atoms with Crippen LogP contribution >= 0.6 is 22.6 Å². The zero-order chi connectivity index (χ0) is 10.8. The van der Waals surface area contributed by atoms with Crippen molar-refractivity contribution in [2.24, 2.45) is 0 Å². The first-order valence-electron chi connectivity index (χ1n) is 4.86. The summed E-state index contributed by atoms with van der Waals surface area (Å²) in [4.78, 5) is 10.9. The zero-order valence-corrected chi connectivity index (χ0v) is 10.8. The number of morpholine rings is 1. The molecule has 1 aromatic rings. The number of nitrogens with zero attached hydrogens (tertiary/aromatic N) is 3. The Labute approximate surface area is 103 Å². The third-order valence-corrected chi connectivity index (χ3v) is 2.81. The minimum Gasteiger partial charge on any atom is -0.375 e. The fraction of sp³-hybridized carbons (Fsp3) is 0.500. The van der Waals surface area contributed by atoms with E-state index in [1.54, 1.807) is 0 Å². The Morgan fingerprint density at radius 2 is 2.40 bits per heavy atom. The van der Waals surface area contributed by atoms with E-state index in [1.807, 2.05) is 13.0 Å². The fourth-order valence-corrected chi connectivity index (χ4v) is 2.23. The van der Waals surface area contributed by atoms with Crippen molar-refractivity contribution < 1.29 is 4.74 Å². The van der Waals surface area contributed by atoms with E-state index in [9.17, 15) is 0 Å². The predicted molar refractivity (Wildman–Crippen MR) is 66.8 cm³/mol. The van der Waals surface area contributed by atoms with Gasteiger partial charge in [0.2, 0.25) is 0 Å². The average Bonchev–Trinajstić information content (AvgIpc) is 2.16. The van der Waals surface area contributed by atoms with Crippen molar-refractivity contribution in [3.63, 3.8) is 0 Å². The van der Waals surface area contributed by atoms with Crippen LogP contribution in [0.3, 0.4) is 0 Å². The molecular formula is C10H13IN3O. The van der Waals surface area contributed by atoms with Crippen LogP contribution in [-0.4, -0.2) is 35.8 Å². The topological polar surface area (TPSA) is 38.2 Å². The monoisotopic (exact) mass is 318 g/mol. The van der Waals surface area contributed by atoms with Crippen LogP contribution in [0.1, 0.15) is 5.82 Å². The summed E-state index contributed by atoms with van der Waals surface area (Å²) in [6, 6.07) is 1.99. The second-order valence-corrected chi connectivity index (χ2v) is 4.64. The molecule has 0 N–H and O–H groups in total. The number of hydrogen-bond acceptors (Lipinski definition) is 4. The first-order chi connectivity index (χ1) is 7.15. The highest BCUT2D eigenvalue weighted by atomic mass is 127. The van der Waals surface area contributed by atoms with Crippen molar-refractivity contribution in [1.82, 2.24) is 9.97 Å². The Kier molecular flexibility index (Phi) is 3.40. The minimum atomic E-state index is 0.0340. The standard InChI is InChI=1S/C10H13IN3O/c1-7-6-14(3-4-15-7)10-5-9(11)12-8(2)13-10/h5,7H,1,3-4,6H2,2H3/t7-/m1/s1.